The van der Waals surface area contributed by atoms with Crippen LogP contribution in [-0.2, 0) is 0 Å². The van der Waals surface area contributed by atoms with Crippen molar-refractivity contribution in [2.75, 3.05) is 27.7 Å². The zero-order chi connectivity index (χ0) is 12.8. The van der Waals surface area contributed by atoms with Crippen molar-refractivity contribution in [3.63, 3.8) is 0 Å². The van der Waals surface area contributed by atoms with E-state index in [-0.39, 0.29) is 11.6 Å². The second-order valence-corrected chi connectivity index (χ2v) is 3.55. The van der Waals surface area contributed by atoms with Gasteiger partial charge in [0.25, 0.3) is 5.88 Å². The molecular weight excluding hydrogens is 222 g/mol. The molecule has 1 rings (SSSR count). The van der Waals surface area contributed by atoms with Gasteiger partial charge in [0.15, 0.2) is 0 Å². The first-order chi connectivity index (χ1) is 8.04. The fourth-order valence-corrected chi connectivity index (χ4v) is 1.10. The quantitative estimate of drug-likeness (QED) is 0.442. The van der Waals surface area contributed by atoms with Gasteiger partial charge in [-0.05, 0) is 14.1 Å². The van der Waals surface area contributed by atoms with Crippen LogP contribution in [0.25, 0.3) is 0 Å². The van der Waals surface area contributed by atoms with Gasteiger partial charge in [-0.15, -0.1) is 0 Å². The summed E-state index contributed by atoms with van der Waals surface area (Å²) in [6.07, 6.45) is 1.45. The third kappa shape index (κ3) is 3.74. The lowest BCUT2D eigenvalue weighted by atomic mass is 10.2. The highest BCUT2D eigenvalue weighted by atomic mass is 16.6. The first-order valence-electron chi connectivity index (χ1n) is 4.86. The molecule has 6 heteroatoms. The number of aromatic nitrogens is 1. The fraction of sp³-hybridized carbons (Fsp3) is 0.364. The second kappa shape index (κ2) is 5.82. The van der Waals surface area contributed by atoms with E-state index in [0.29, 0.717) is 12.1 Å². The molecule has 1 aromatic heterocycles. The Morgan fingerprint density at radius 1 is 1.59 bits per heavy atom. The van der Waals surface area contributed by atoms with Crippen molar-refractivity contribution in [3.05, 3.63) is 27.9 Å². The van der Waals surface area contributed by atoms with Crippen LogP contribution in [0.2, 0.25) is 0 Å². The highest BCUT2D eigenvalue weighted by Crippen LogP contribution is 2.23. The van der Waals surface area contributed by atoms with E-state index >= 15 is 0 Å². The summed E-state index contributed by atoms with van der Waals surface area (Å²) in [5, 5.41) is 10.7. The maximum atomic E-state index is 10.7. The Morgan fingerprint density at radius 2 is 2.29 bits per heavy atom. The van der Waals surface area contributed by atoms with Crippen molar-refractivity contribution in [2.24, 2.45) is 0 Å². The SMILES string of the molecule is COc1ncc(C#CCN(C)C)cc1[N+](=O)[O-]. The zero-order valence-corrected chi connectivity index (χ0v) is 9.93. The Morgan fingerprint density at radius 3 is 2.82 bits per heavy atom. The lowest BCUT2D eigenvalue weighted by Gasteiger charge is -2.01. The van der Waals surface area contributed by atoms with Crippen LogP contribution in [-0.4, -0.2) is 42.6 Å². The Kier molecular flexibility index (Phi) is 4.43. The standard InChI is InChI=1S/C11H13N3O3/c1-13(2)6-4-5-9-7-10(14(15)16)11(17-3)12-8-9/h7-8H,6H2,1-3H3. The number of rotatable bonds is 3. The number of nitrogens with zero attached hydrogens (tertiary/aromatic N) is 3. The van der Waals surface area contributed by atoms with Gasteiger partial charge >= 0.3 is 5.69 Å². The number of pyridine rings is 1. The Hall–Kier alpha value is -2.13. The zero-order valence-electron chi connectivity index (χ0n) is 9.93. The molecule has 0 aliphatic heterocycles. The molecule has 0 saturated carbocycles. The molecule has 6 nitrogen and oxygen atoms in total. The summed E-state index contributed by atoms with van der Waals surface area (Å²) in [5.41, 5.74) is 0.323. The first-order valence-corrected chi connectivity index (χ1v) is 4.86. The highest BCUT2D eigenvalue weighted by molar-refractivity contribution is 5.47. The number of ether oxygens (including phenoxy) is 1. The average molecular weight is 235 g/mol. The maximum absolute atomic E-state index is 10.7. The van der Waals surface area contributed by atoms with Crippen molar-refractivity contribution in [2.45, 2.75) is 0 Å². The van der Waals surface area contributed by atoms with Crippen LogP contribution in [0.1, 0.15) is 5.56 Å². The van der Waals surface area contributed by atoms with Crippen LogP contribution in [0.4, 0.5) is 5.69 Å². The summed E-state index contributed by atoms with van der Waals surface area (Å²) in [6, 6.07) is 1.36. The topological polar surface area (TPSA) is 68.5 Å². The molecule has 0 unspecified atom stereocenters. The molecular formula is C11H13N3O3. The third-order valence-corrected chi connectivity index (χ3v) is 1.85. The molecule has 0 amide bonds. The normalized spacial score (nSPS) is 9.65. The van der Waals surface area contributed by atoms with Gasteiger partial charge in [0.1, 0.15) is 0 Å². The molecule has 0 N–H and O–H groups in total. The summed E-state index contributed by atoms with van der Waals surface area (Å²) in [5.74, 6) is 5.68. The third-order valence-electron chi connectivity index (χ3n) is 1.85. The molecule has 0 aromatic carbocycles. The lowest BCUT2D eigenvalue weighted by Crippen LogP contribution is -2.10. The molecule has 0 aliphatic carbocycles. The minimum absolute atomic E-state index is 0.00633. The summed E-state index contributed by atoms with van der Waals surface area (Å²) >= 11 is 0. The first kappa shape index (κ1) is 12.9. The number of hydrogen-bond donors (Lipinski definition) is 0. The van der Waals surface area contributed by atoms with E-state index in [0.717, 1.165) is 0 Å². The van der Waals surface area contributed by atoms with Crippen molar-refractivity contribution < 1.29 is 9.66 Å². The van der Waals surface area contributed by atoms with Gasteiger partial charge in [0.2, 0.25) is 0 Å². The van der Waals surface area contributed by atoms with Crippen LogP contribution in [0.5, 0.6) is 5.88 Å². The Balaban J connectivity index is 2.99. The van der Waals surface area contributed by atoms with E-state index in [4.69, 9.17) is 4.74 Å². The minimum atomic E-state index is -0.539. The van der Waals surface area contributed by atoms with Crippen LogP contribution >= 0.6 is 0 Å². The second-order valence-electron chi connectivity index (χ2n) is 3.55. The van der Waals surface area contributed by atoms with Crippen LogP contribution in [0.15, 0.2) is 12.3 Å². The average Bonchev–Trinajstić information content (AvgIpc) is 2.28. The van der Waals surface area contributed by atoms with E-state index in [1.165, 1.54) is 19.4 Å². The molecule has 17 heavy (non-hydrogen) atoms. The summed E-state index contributed by atoms with van der Waals surface area (Å²) < 4.78 is 4.80. The van der Waals surface area contributed by atoms with Gasteiger partial charge in [-0.25, -0.2) is 4.98 Å². The molecule has 0 spiro atoms. The molecule has 90 valence electrons. The molecule has 0 radical (unpaired) electrons. The van der Waals surface area contributed by atoms with Crippen molar-refractivity contribution in [3.8, 4) is 17.7 Å². The van der Waals surface area contributed by atoms with Crippen LogP contribution in [0, 0.1) is 22.0 Å². The molecule has 1 heterocycles. The van der Waals surface area contributed by atoms with Crippen LogP contribution < -0.4 is 4.74 Å². The molecule has 1 aromatic rings. The summed E-state index contributed by atoms with van der Waals surface area (Å²) in [7, 11) is 5.12. The van der Waals surface area contributed by atoms with E-state index in [2.05, 4.69) is 16.8 Å². The number of hydrogen-bond acceptors (Lipinski definition) is 5. The smallest absolute Gasteiger partial charge is 0.332 e. The monoisotopic (exact) mass is 235 g/mol. The van der Waals surface area contributed by atoms with Crippen molar-refractivity contribution >= 4 is 5.69 Å². The maximum Gasteiger partial charge on any atom is 0.332 e. The molecule has 0 aliphatic rings. The predicted molar refractivity (Wildman–Crippen MR) is 62.9 cm³/mol. The van der Waals surface area contributed by atoms with Crippen molar-refractivity contribution in [1.82, 2.24) is 9.88 Å². The van der Waals surface area contributed by atoms with Gasteiger partial charge < -0.3 is 4.74 Å². The molecule has 0 bridgehead atoms. The molecule has 0 saturated heterocycles. The number of methoxy groups -OCH3 is 1. The molecule has 0 fully saturated rings. The van der Waals surface area contributed by atoms with E-state index in [1.807, 2.05) is 19.0 Å². The van der Waals surface area contributed by atoms with Gasteiger partial charge in [-0.1, -0.05) is 11.8 Å². The Bertz CT molecular complexity index is 475. The van der Waals surface area contributed by atoms with E-state index < -0.39 is 4.92 Å². The van der Waals surface area contributed by atoms with Gasteiger partial charge in [0.05, 0.1) is 24.1 Å². The lowest BCUT2D eigenvalue weighted by molar-refractivity contribution is -0.386. The largest absolute Gasteiger partial charge is 0.476 e. The van der Waals surface area contributed by atoms with Crippen LogP contribution in [0.3, 0.4) is 0 Å². The fourth-order valence-electron chi connectivity index (χ4n) is 1.10. The summed E-state index contributed by atoms with van der Waals surface area (Å²) in [6.45, 7) is 0.583. The summed E-state index contributed by atoms with van der Waals surface area (Å²) in [4.78, 5) is 15.9. The van der Waals surface area contributed by atoms with Crippen molar-refractivity contribution in [1.29, 1.82) is 0 Å². The van der Waals surface area contributed by atoms with Gasteiger partial charge in [-0.3, -0.25) is 15.0 Å². The Labute approximate surface area is 99.4 Å². The number of nitro groups is 1. The van der Waals surface area contributed by atoms with E-state index in [9.17, 15) is 10.1 Å². The van der Waals surface area contributed by atoms with E-state index in [1.54, 1.807) is 0 Å². The van der Waals surface area contributed by atoms with Gasteiger partial charge in [0, 0.05) is 12.3 Å². The van der Waals surface area contributed by atoms with Gasteiger partial charge in [-0.2, -0.15) is 0 Å². The minimum Gasteiger partial charge on any atom is -0.476 e. The molecule has 0 atom stereocenters. The highest BCUT2D eigenvalue weighted by Gasteiger charge is 2.16. The predicted octanol–water partition coefficient (Wildman–Crippen LogP) is 0.911.